The predicted octanol–water partition coefficient (Wildman–Crippen LogP) is 4.27. The Labute approximate surface area is 169 Å². The maximum Gasteiger partial charge on any atom is 0.306 e. The lowest BCUT2D eigenvalue weighted by Crippen LogP contribution is -2.17. The lowest BCUT2D eigenvalue weighted by molar-refractivity contribution is -0.141. The summed E-state index contributed by atoms with van der Waals surface area (Å²) in [5.74, 6) is -1.04. The van der Waals surface area contributed by atoms with Gasteiger partial charge in [0.2, 0.25) is 0 Å². The lowest BCUT2D eigenvalue weighted by atomic mass is 10.0. The number of carboxylic acid groups (broad SMARTS) is 1. The summed E-state index contributed by atoms with van der Waals surface area (Å²) in [6, 6.07) is 18.8. The van der Waals surface area contributed by atoms with E-state index in [0.717, 1.165) is 29.8 Å². The minimum atomic E-state index is -0.817. The molecule has 1 aromatic heterocycles. The summed E-state index contributed by atoms with van der Waals surface area (Å²) in [4.78, 5) is 24.0. The number of nitrogens with one attached hydrogen (secondary N) is 1. The van der Waals surface area contributed by atoms with Crippen LogP contribution in [-0.4, -0.2) is 26.8 Å². The Morgan fingerprint density at radius 2 is 1.83 bits per heavy atom. The first-order valence-corrected chi connectivity index (χ1v) is 9.80. The van der Waals surface area contributed by atoms with Crippen molar-refractivity contribution in [3.63, 3.8) is 0 Å². The molecule has 6 heteroatoms. The molecule has 1 heterocycles. The maximum absolute atomic E-state index is 13.0. The van der Waals surface area contributed by atoms with Crippen molar-refractivity contribution in [3.05, 3.63) is 77.6 Å². The van der Waals surface area contributed by atoms with Crippen molar-refractivity contribution in [2.75, 3.05) is 5.32 Å². The highest BCUT2D eigenvalue weighted by atomic mass is 16.4. The zero-order chi connectivity index (χ0) is 20.4. The third-order valence-electron chi connectivity index (χ3n) is 5.13. The molecule has 0 bridgehead atoms. The fourth-order valence-corrected chi connectivity index (χ4v) is 3.27. The number of amides is 1. The predicted molar refractivity (Wildman–Crippen MR) is 110 cm³/mol. The number of nitrogens with zero attached hydrogens (tertiary/aromatic N) is 2. The molecule has 1 unspecified atom stereocenters. The third kappa shape index (κ3) is 4.37. The number of benzene rings is 2. The van der Waals surface area contributed by atoms with Crippen molar-refractivity contribution < 1.29 is 14.7 Å². The van der Waals surface area contributed by atoms with Gasteiger partial charge < -0.3 is 10.4 Å². The van der Waals surface area contributed by atoms with E-state index in [0.29, 0.717) is 23.7 Å². The molecule has 4 rings (SSSR count). The topological polar surface area (TPSA) is 84.2 Å². The van der Waals surface area contributed by atoms with Crippen LogP contribution >= 0.6 is 0 Å². The largest absolute Gasteiger partial charge is 0.481 e. The molecule has 3 aromatic rings. The van der Waals surface area contributed by atoms with E-state index in [4.69, 9.17) is 5.11 Å². The highest BCUT2D eigenvalue weighted by Crippen LogP contribution is 2.39. The smallest absolute Gasteiger partial charge is 0.306 e. The Balaban J connectivity index is 1.53. The summed E-state index contributed by atoms with van der Waals surface area (Å²) in [7, 11) is 0. The highest BCUT2D eigenvalue weighted by molar-refractivity contribution is 6.03. The van der Waals surface area contributed by atoms with Gasteiger partial charge in [0.15, 0.2) is 0 Å². The Morgan fingerprint density at radius 1 is 1.14 bits per heavy atom. The monoisotopic (exact) mass is 389 g/mol. The van der Waals surface area contributed by atoms with E-state index >= 15 is 0 Å². The summed E-state index contributed by atoms with van der Waals surface area (Å²) in [5.41, 5.74) is 3.89. The van der Waals surface area contributed by atoms with Crippen LogP contribution in [0.25, 0.3) is 5.69 Å². The summed E-state index contributed by atoms with van der Waals surface area (Å²) in [6.07, 6.45) is 2.68. The molecule has 0 radical (unpaired) electrons. The summed E-state index contributed by atoms with van der Waals surface area (Å²) in [6.45, 7) is 1.68. The van der Waals surface area contributed by atoms with Crippen molar-refractivity contribution in [1.82, 2.24) is 9.78 Å². The van der Waals surface area contributed by atoms with Gasteiger partial charge in [0.1, 0.15) is 5.69 Å². The normalized spacial score (nSPS) is 14.4. The molecular weight excluding hydrogens is 366 g/mol. The second-order valence-electron chi connectivity index (χ2n) is 7.57. The molecule has 2 N–H and O–H groups in total. The molecule has 1 fully saturated rings. The first-order chi connectivity index (χ1) is 14.0. The number of carbonyl (C=O) groups is 2. The van der Waals surface area contributed by atoms with Gasteiger partial charge in [-0.25, -0.2) is 4.68 Å². The van der Waals surface area contributed by atoms with Gasteiger partial charge in [0.05, 0.1) is 17.3 Å². The minimum Gasteiger partial charge on any atom is -0.481 e. The Kier molecular flexibility index (Phi) is 5.16. The summed E-state index contributed by atoms with van der Waals surface area (Å²) in [5, 5.41) is 16.6. The van der Waals surface area contributed by atoms with Crippen LogP contribution in [0, 0.1) is 5.92 Å². The van der Waals surface area contributed by atoms with Crippen molar-refractivity contribution >= 4 is 17.6 Å². The van der Waals surface area contributed by atoms with E-state index in [-0.39, 0.29) is 5.91 Å². The van der Waals surface area contributed by atoms with Crippen LogP contribution in [-0.2, 0) is 11.2 Å². The quantitative estimate of drug-likeness (QED) is 0.632. The molecule has 1 amide bonds. The van der Waals surface area contributed by atoms with Crippen LogP contribution in [0.4, 0.5) is 5.69 Å². The second kappa shape index (κ2) is 7.91. The van der Waals surface area contributed by atoms with Crippen LogP contribution < -0.4 is 5.32 Å². The van der Waals surface area contributed by atoms with Gasteiger partial charge in [-0.2, -0.15) is 5.10 Å². The van der Waals surface area contributed by atoms with Crippen molar-refractivity contribution in [1.29, 1.82) is 0 Å². The van der Waals surface area contributed by atoms with Gasteiger partial charge in [0.25, 0.3) is 5.91 Å². The van der Waals surface area contributed by atoms with Crippen molar-refractivity contribution in [2.45, 2.75) is 32.1 Å². The van der Waals surface area contributed by atoms with Gasteiger partial charge in [0, 0.05) is 11.6 Å². The van der Waals surface area contributed by atoms with Gasteiger partial charge in [-0.3, -0.25) is 9.59 Å². The number of rotatable bonds is 7. The number of carbonyl (C=O) groups excluding carboxylic acids is 1. The number of anilines is 1. The van der Waals surface area contributed by atoms with Crippen LogP contribution in [0.3, 0.4) is 0 Å². The number of para-hydroxylation sites is 1. The molecule has 1 aliphatic rings. The van der Waals surface area contributed by atoms with Crippen molar-refractivity contribution in [3.8, 4) is 5.69 Å². The number of hydrogen-bond acceptors (Lipinski definition) is 3. The number of aliphatic carboxylic acids is 1. The number of carboxylic acids is 1. The molecule has 1 aliphatic carbocycles. The van der Waals surface area contributed by atoms with Gasteiger partial charge >= 0.3 is 5.97 Å². The first kappa shape index (κ1) is 18.9. The standard InChI is InChI=1S/C23H23N3O3/c1-15(23(28)29)13-16-7-11-18(12-8-16)24-22(27)21-14-20(17-9-10-17)25-26(21)19-5-3-2-4-6-19/h2-8,11-12,14-15,17H,9-10,13H2,1H3,(H,24,27)(H,28,29). The molecular formula is C23H23N3O3. The van der Waals surface area contributed by atoms with E-state index in [9.17, 15) is 9.59 Å². The average molecular weight is 389 g/mol. The Morgan fingerprint density at radius 3 is 2.45 bits per heavy atom. The molecule has 1 atom stereocenters. The lowest BCUT2D eigenvalue weighted by Gasteiger charge is -2.10. The fourth-order valence-electron chi connectivity index (χ4n) is 3.27. The molecule has 1 saturated carbocycles. The molecule has 0 spiro atoms. The molecule has 2 aromatic carbocycles. The zero-order valence-corrected chi connectivity index (χ0v) is 16.2. The van der Waals surface area contributed by atoms with E-state index < -0.39 is 11.9 Å². The second-order valence-corrected chi connectivity index (χ2v) is 7.57. The minimum absolute atomic E-state index is 0.222. The van der Waals surface area contributed by atoms with E-state index in [2.05, 4.69) is 10.4 Å². The maximum atomic E-state index is 13.0. The molecule has 0 saturated heterocycles. The van der Waals surface area contributed by atoms with Gasteiger partial charge in [-0.05, 0) is 55.2 Å². The van der Waals surface area contributed by atoms with E-state index in [1.807, 2.05) is 48.5 Å². The fraction of sp³-hybridized carbons (Fsp3) is 0.261. The summed E-state index contributed by atoms with van der Waals surface area (Å²) >= 11 is 0. The summed E-state index contributed by atoms with van der Waals surface area (Å²) < 4.78 is 1.70. The van der Waals surface area contributed by atoms with Crippen LogP contribution in [0.2, 0.25) is 0 Å². The molecule has 6 nitrogen and oxygen atoms in total. The molecule has 148 valence electrons. The van der Waals surface area contributed by atoms with Gasteiger partial charge in [-0.1, -0.05) is 37.3 Å². The van der Waals surface area contributed by atoms with Crippen molar-refractivity contribution in [2.24, 2.45) is 5.92 Å². The van der Waals surface area contributed by atoms with E-state index in [1.54, 1.807) is 23.7 Å². The Hall–Kier alpha value is -3.41. The SMILES string of the molecule is CC(Cc1ccc(NC(=O)c2cc(C3CC3)nn2-c2ccccc2)cc1)C(=O)O. The third-order valence-corrected chi connectivity index (χ3v) is 5.13. The number of hydrogen-bond donors (Lipinski definition) is 2. The first-order valence-electron chi connectivity index (χ1n) is 9.80. The highest BCUT2D eigenvalue weighted by Gasteiger charge is 2.29. The molecule has 0 aliphatic heterocycles. The zero-order valence-electron chi connectivity index (χ0n) is 16.2. The average Bonchev–Trinajstić information content (AvgIpc) is 3.48. The van der Waals surface area contributed by atoms with Gasteiger partial charge in [-0.15, -0.1) is 0 Å². The molecule has 29 heavy (non-hydrogen) atoms. The Bertz CT molecular complexity index is 1020. The van der Waals surface area contributed by atoms with Crippen LogP contribution in [0.5, 0.6) is 0 Å². The van der Waals surface area contributed by atoms with E-state index in [1.165, 1.54) is 0 Å². The number of aromatic nitrogens is 2. The van der Waals surface area contributed by atoms with Crippen LogP contribution in [0.15, 0.2) is 60.7 Å². The van der Waals surface area contributed by atoms with Crippen LogP contribution in [0.1, 0.15) is 47.4 Å².